The number of morpholine rings is 1. The monoisotopic (exact) mass is 583 g/mol. The highest BCUT2D eigenvalue weighted by Crippen LogP contribution is 2.28. The quantitative estimate of drug-likeness (QED) is 0.274. The highest BCUT2D eigenvalue weighted by molar-refractivity contribution is 6.05. The first-order valence-corrected chi connectivity index (χ1v) is 14.4. The largest absolute Gasteiger partial charge is 0.378 e. The van der Waals surface area contributed by atoms with Gasteiger partial charge in [0, 0.05) is 48.7 Å². The van der Waals surface area contributed by atoms with Crippen molar-refractivity contribution in [2.75, 3.05) is 36.9 Å². The Kier molecular flexibility index (Phi) is 9.26. The van der Waals surface area contributed by atoms with Gasteiger partial charge in [-0.25, -0.2) is 9.37 Å². The minimum atomic E-state index is -0.662. The maximum Gasteiger partial charge on any atom is 0.293 e. The molecule has 0 spiro atoms. The van der Waals surface area contributed by atoms with E-state index in [0.717, 1.165) is 24.8 Å². The Morgan fingerprint density at radius 1 is 1.00 bits per heavy atom. The Morgan fingerprint density at radius 2 is 1.74 bits per heavy atom. The molecule has 1 aliphatic heterocycles. The zero-order valence-electron chi connectivity index (χ0n) is 24.2. The van der Waals surface area contributed by atoms with Gasteiger partial charge in [0.25, 0.3) is 17.4 Å². The van der Waals surface area contributed by atoms with Gasteiger partial charge in [-0.3, -0.25) is 14.4 Å². The fourth-order valence-electron chi connectivity index (χ4n) is 4.94. The molecule has 1 fully saturated rings. The number of hydrogen-bond donors (Lipinski definition) is 2. The van der Waals surface area contributed by atoms with Gasteiger partial charge in [-0.2, -0.15) is 0 Å². The molecule has 5 rings (SSSR count). The number of carbonyl (C=O) groups is 2. The fourth-order valence-corrected chi connectivity index (χ4v) is 4.94. The summed E-state index contributed by atoms with van der Waals surface area (Å²) in [5.41, 5.74) is 2.42. The summed E-state index contributed by atoms with van der Waals surface area (Å²) in [5.74, 6) is -1.15. The molecular weight excluding hydrogens is 549 g/mol. The van der Waals surface area contributed by atoms with Crippen molar-refractivity contribution in [1.82, 2.24) is 14.5 Å². The van der Waals surface area contributed by atoms with Crippen LogP contribution in [0.5, 0.6) is 0 Å². The standard InChI is InChI=1S/C33H34FN5O4/c1-3-4-8-22-9-5-6-10-25(22)31(40)37-27-12-7-11-26(29(27)34)28-21-38(2)33(42)30(36-28)35-24-15-13-23(14-16-24)32(41)39-17-19-43-20-18-39/h5-7,9-16,21H,3-4,8,17-20H2,1-2H3,(H,35,36)(H,37,40). The average molecular weight is 584 g/mol. The number of hydrogen-bond acceptors (Lipinski definition) is 6. The number of rotatable bonds is 9. The van der Waals surface area contributed by atoms with E-state index in [-0.39, 0.29) is 28.7 Å². The summed E-state index contributed by atoms with van der Waals surface area (Å²) in [4.78, 5) is 45.0. The first-order chi connectivity index (χ1) is 20.9. The van der Waals surface area contributed by atoms with E-state index in [0.29, 0.717) is 43.1 Å². The normalized spacial score (nSPS) is 13.0. The smallest absolute Gasteiger partial charge is 0.293 e. The summed E-state index contributed by atoms with van der Waals surface area (Å²) in [5, 5.41) is 5.71. The zero-order valence-corrected chi connectivity index (χ0v) is 24.2. The minimum Gasteiger partial charge on any atom is -0.378 e. The fraction of sp³-hybridized carbons (Fsp3) is 0.273. The van der Waals surface area contributed by atoms with E-state index < -0.39 is 17.3 Å². The van der Waals surface area contributed by atoms with Gasteiger partial charge in [0.1, 0.15) is 0 Å². The van der Waals surface area contributed by atoms with Crippen molar-refractivity contribution in [3.8, 4) is 11.3 Å². The number of anilines is 3. The summed E-state index contributed by atoms with van der Waals surface area (Å²) >= 11 is 0. The molecule has 4 aromatic rings. The topological polar surface area (TPSA) is 106 Å². The molecular formula is C33H34FN5O4. The third-order valence-corrected chi connectivity index (χ3v) is 7.35. The van der Waals surface area contributed by atoms with Crippen LogP contribution in [0.3, 0.4) is 0 Å². The van der Waals surface area contributed by atoms with Crippen LogP contribution in [0.1, 0.15) is 46.0 Å². The molecule has 0 radical (unpaired) electrons. The van der Waals surface area contributed by atoms with Gasteiger partial charge >= 0.3 is 0 Å². The van der Waals surface area contributed by atoms with Crippen LogP contribution in [0.4, 0.5) is 21.6 Å². The Balaban J connectivity index is 1.37. The maximum atomic E-state index is 15.8. The zero-order chi connectivity index (χ0) is 30.3. The third kappa shape index (κ3) is 6.81. The van der Waals surface area contributed by atoms with E-state index in [9.17, 15) is 14.4 Å². The lowest BCUT2D eigenvalue weighted by Gasteiger charge is -2.26. The number of amides is 2. The summed E-state index contributed by atoms with van der Waals surface area (Å²) in [6, 6.07) is 18.7. The van der Waals surface area contributed by atoms with E-state index in [4.69, 9.17) is 4.74 Å². The van der Waals surface area contributed by atoms with Gasteiger partial charge in [-0.05, 0) is 60.9 Å². The van der Waals surface area contributed by atoms with Crippen LogP contribution in [0.25, 0.3) is 11.3 Å². The van der Waals surface area contributed by atoms with E-state index >= 15 is 4.39 Å². The molecule has 0 saturated carbocycles. The van der Waals surface area contributed by atoms with Gasteiger partial charge in [0.2, 0.25) is 0 Å². The lowest BCUT2D eigenvalue weighted by molar-refractivity contribution is 0.0303. The van der Waals surface area contributed by atoms with Gasteiger partial charge < -0.3 is 24.8 Å². The van der Waals surface area contributed by atoms with Crippen LogP contribution in [-0.2, 0) is 18.2 Å². The Bertz CT molecular complexity index is 1680. The van der Waals surface area contributed by atoms with Gasteiger partial charge in [0.05, 0.1) is 24.6 Å². The van der Waals surface area contributed by atoms with Crippen LogP contribution < -0.4 is 16.2 Å². The molecule has 1 saturated heterocycles. The molecule has 1 aromatic heterocycles. The van der Waals surface area contributed by atoms with Crippen molar-refractivity contribution in [1.29, 1.82) is 0 Å². The minimum absolute atomic E-state index is 0.00838. The number of aromatic nitrogens is 2. The van der Waals surface area contributed by atoms with Crippen LogP contribution in [0.2, 0.25) is 0 Å². The Labute approximate surface area is 249 Å². The molecule has 222 valence electrons. The van der Waals surface area contributed by atoms with Gasteiger partial charge in [-0.15, -0.1) is 0 Å². The number of aryl methyl sites for hydroxylation is 2. The maximum absolute atomic E-state index is 15.8. The highest BCUT2D eigenvalue weighted by Gasteiger charge is 2.20. The molecule has 43 heavy (non-hydrogen) atoms. The van der Waals surface area contributed by atoms with Gasteiger partial charge in [0.15, 0.2) is 11.6 Å². The third-order valence-electron chi connectivity index (χ3n) is 7.35. The molecule has 10 heteroatoms. The van der Waals surface area contributed by atoms with Crippen LogP contribution in [-0.4, -0.2) is 52.6 Å². The second-order valence-electron chi connectivity index (χ2n) is 10.4. The molecule has 1 aliphatic rings. The molecule has 2 heterocycles. The number of nitrogens with one attached hydrogen (secondary N) is 2. The predicted molar refractivity (Wildman–Crippen MR) is 164 cm³/mol. The number of unbranched alkanes of at least 4 members (excludes halogenated alkanes) is 1. The van der Waals surface area contributed by atoms with Crippen LogP contribution in [0, 0.1) is 5.82 Å². The number of halogens is 1. The number of benzene rings is 3. The van der Waals surface area contributed by atoms with E-state index in [2.05, 4.69) is 22.5 Å². The van der Waals surface area contributed by atoms with Crippen molar-refractivity contribution >= 4 is 29.0 Å². The van der Waals surface area contributed by atoms with Crippen molar-refractivity contribution < 1.29 is 18.7 Å². The molecule has 2 amide bonds. The van der Waals surface area contributed by atoms with E-state index in [1.54, 1.807) is 60.5 Å². The summed E-state index contributed by atoms with van der Waals surface area (Å²) in [7, 11) is 1.56. The van der Waals surface area contributed by atoms with Crippen molar-refractivity contribution in [2.24, 2.45) is 7.05 Å². The SMILES string of the molecule is CCCCc1ccccc1C(=O)Nc1cccc(-c2cn(C)c(=O)c(Nc3ccc(C(=O)N4CCOCC4)cc3)n2)c1F. The van der Waals surface area contributed by atoms with Gasteiger partial charge in [-0.1, -0.05) is 37.6 Å². The molecule has 2 N–H and O–H groups in total. The lowest BCUT2D eigenvalue weighted by atomic mass is 10.0. The summed E-state index contributed by atoms with van der Waals surface area (Å²) < 4.78 is 22.4. The van der Waals surface area contributed by atoms with E-state index in [1.807, 2.05) is 12.1 Å². The van der Waals surface area contributed by atoms with Crippen molar-refractivity contribution in [2.45, 2.75) is 26.2 Å². The van der Waals surface area contributed by atoms with E-state index in [1.165, 1.54) is 16.8 Å². The highest BCUT2D eigenvalue weighted by atomic mass is 19.1. The lowest BCUT2D eigenvalue weighted by Crippen LogP contribution is -2.40. The summed E-state index contributed by atoms with van der Waals surface area (Å²) in [6.07, 6.45) is 4.14. The second kappa shape index (κ2) is 13.4. The molecule has 3 aromatic carbocycles. The first-order valence-electron chi connectivity index (χ1n) is 14.4. The Hall–Kier alpha value is -4.83. The number of carbonyl (C=O) groups excluding carboxylic acids is 2. The summed E-state index contributed by atoms with van der Waals surface area (Å²) in [6.45, 7) is 4.20. The van der Waals surface area contributed by atoms with Crippen LogP contribution in [0.15, 0.2) is 77.7 Å². The van der Waals surface area contributed by atoms with Crippen molar-refractivity contribution in [3.63, 3.8) is 0 Å². The number of ether oxygens (including phenoxy) is 1. The molecule has 0 unspecified atom stereocenters. The molecule has 0 atom stereocenters. The van der Waals surface area contributed by atoms with Crippen LogP contribution >= 0.6 is 0 Å². The number of nitrogens with zero attached hydrogens (tertiary/aromatic N) is 3. The molecule has 0 bridgehead atoms. The molecule has 0 aliphatic carbocycles. The Morgan fingerprint density at radius 3 is 2.49 bits per heavy atom. The predicted octanol–water partition coefficient (Wildman–Crippen LogP) is 5.40. The second-order valence-corrected chi connectivity index (χ2v) is 10.4. The van der Waals surface area contributed by atoms with Crippen molar-refractivity contribution in [3.05, 3.63) is 106 Å². The molecule has 9 nitrogen and oxygen atoms in total. The first kappa shape index (κ1) is 29.7. The average Bonchev–Trinajstić information content (AvgIpc) is 3.03.